The molecule has 0 heterocycles. The highest BCUT2D eigenvalue weighted by atomic mass is 19.1. The smallest absolute Gasteiger partial charge is 0.489 e. The molecule has 5 nitrogen and oxygen atoms in total. The second-order valence-electron chi connectivity index (χ2n) is 11.4. The fourth-order valence-corrected chi connectivity index (χ4v) is 5.24. The van der Waals surface area contributed by atoms with Crippen molar-refractivity contribution in [2.24, 2.45) is 0 Å². The molecule has 0 unspecified atom stereocenters. The van der Waals surface area contributed by atoms with E-state index in [-0.39, 0.29) is 33.2 Å². The van der Waals surface area contributed by atoms with Gasteiger partial charge in [0.25, 0.3) is 0 Å². The normalized spacial score (nSPS) is 10.9. The lowest BCUT2D eigenvalue weighted by molar-refractivity contribution is 0.303. The van der Waals surface area contributed by atoms with Crippen LogP contribution in [0.2, 0.25) is 0 Å². The molecule has 0 N–H and O–H groups in total. The van der Waals surface area contributed by atoms with Crippen LogP contribution in [0.1, 0.15) is 0 Å². The van der Waals surface area contributed by atoms with Crippen molar-refractivity contribution in [3.8, 4) is 17.2 Å². The van der Waals surface area contributed by atoms with Gasteiger partial charge in [-0.3, -0.25) is 8.87 Å². The van der Waals surface area contributed by atoms with Gasteiger partial charge in [-0.05, 0) is 47.9 Å². The van der Waals surface area contributed by atoms with Crippen LogP contribution in [-0.4, -0.2) is 35.5 Å². The van der Waals surface area contributed by atoms with Crippen molar-refractivity contribution < 1.29 is 31.5 Å². The molecular formula is C38H33BF4N2O3. The summed E-state index contributed by atoms with van der Waals surface area (Å²) in [4.78, 5) is 2.01. The summed E-state index contributed by atoms with van der Waals surface area (Å²) in [5.74, 6) is -1.44. The first-order chi connectivity index (χ1) is 23.0. The van der Waals surface area contributed by atoms with E-state index in [4.69, 9.17) is 14.0 Å². The minimum Gasteiger partial charge on any atom is -0.489 e. The molecule has 244 valence electrons. The van der Waals surface area contributed by atoms with Crippen molar-refractivity contribution in [1.82, 2.24) is 4.48 Å². The topological polar surface area (TPSA) is 30.9 Å². The van der Waals surface area contributed by atoms with E-state index >= 15 is 4.39 Å². The number of rotatable bonds is 9. The van der Waals surface area contributed by atoms with E-state index in [0.29, 0.717) is 0 Å². The summed E-state index contributed by atoms with van der Waals surface area (Å²) >= 11 is 0. The summed E-state index contributed by atoms with van der Waals surface area (Å²) < 4.78 is 73.4. The second kappa shape index (κ2) is 15.0. The number of benzene rings is 6. The maximum Gasteiger partial charge on any atom is 0.864 e. The zero-order chi connectivity index (χ0) is 34.3. The Hall–Kier alpha value is -5.48. The van der Waals surface area contributed by atoms with Gasteiger partial charge in [0, 0.05) is 38.1 Å². The van der Waals surface area contributed by atoms with E-state index in [0.717, 1.165) is 34.3 Å². The van der Waals surface area contributed by atoms with E-state index in [1.807, 2.05) is 69.5 Å². The molecule has 0 saturated carbocycles. The van der Waals surface area contributed by atoms with Gasteiger partial charge in [-0.1, -0.05) is 42.5 Å². The van der Waals surface area contributed by atoms with E-state index in [1.54, 1.807) is 18.2 Å². The van der Waals surface area contributed by atoms with Crippen LogP contribution in [0.15, 0.2) is 127 Å². The molecule has 0 aromatic heterocycles. The largest absolute Gasteiger partial charge is 0.864 e. The number of halogens is 4. The SMILES string of the molecule is CN(C)c1cccc2cccc([N+](C)(C)c3c(F)cccc3OB(Oc3cccc(F)c3)Oc3cccc(F)c3)c12.Fc1c[c-]ccc1. The van der Waals surface area contributed by atoms with Gasteiger partial charge in [0.2, 0.25) is 5.69 Å². The molecule has 6 aromatic carbocycles. The molecule has 0 aliphatic heterocycles. The first kappa shape index (κ1) is 33.9. The highest BCUT2D eigenvalue weighted by molar-refractivity contribution is 6.39. The summed E-state index contributed by atoms with van der Waals surface area (Å²) in [7, 11) is 6.14. The van der Waals surface area contributed by atoms with E-state index in [9.17, 15) is 13.2 Å². The predicted octanol–water partition coefficient (Wildman–Crippen LogP) is 9.37. The first-order valence-corrected chi connectivity index (χ1v) is 15.0. The highest BCUT2D eigenvalue weighted by Crippen LogP contribution is 2.45. The Kier molecular flexibility index (Phi) is 10.6. The fourth-order valence-electron chi connectivity index (χ4n) is 5.24. The second-order valence-corrected chi connectivity index (χ2v) is 11.4. The number of nitrogens with zero attached hydrogens (tertiary/aromatic N) is 2. The maximum atomic E-state index is 15.8. The molecule has 0 fully saturated rings. The highest BCUT2D eigenvalue weighted by Gasteiger charge is 2.38. The summed E-state index contributed by atoms with van der Waals surface area (Å²) in [6.45, 7) is 0. The minimum absolute atomic E-state index is 0.0309. The Balaban J connectivity index is 0.000000572. The zero-order valence-corrected chi connectivity index (χ0v) is 26.8. The molecule has 0 aliphatic carbocycles. The average Bonchev–Trinajstić information content (AvgIpc) is 3.05. The number of quaternary nitrogens is 1. The lowest BCUT2D eigenvalue weighted by Gasteiger charge is -2.32. The van der Waals surface area contributed by atoms with Crippen molar-refractivity contribution in [1.29, 1.82) is 0 Å². The van der Waals surface area contributed by atoms with Crippen LogP contribution < -0.4 is 23.3 Å². The van der Waals surface area contributed by atoms with Crippen molar-refractivity contribution >= 4 is 35.2 Å². The number of hydrogen-bond acceptors (Lipinski definition) is 4. The van der Waals surface area contributed by atoms with Crippen LogP contribution in [-0.2, 0) is 0 Å². The summed E-state index contributed by atoms with van der Waals surface area (Å²) in [5, 5.41) is 1.96. The predicted molar refractivity (Wildman–Crippen MR) is 184 cm³/mol. The lowest BCUT2D eigenvalue weighted by Crippen LogP contribution is -2.40. The van der Waals surface area contributed by atoms with Crippen molar-refractivity contribution in [3.05, 3.63) is 157 Å². The van der Waals surface area contributed by atoms with Crippen LogP contribution in [0.4, 0.5) is 34.6 Å². The molecular weight excluding hydrogens is 619 g/mol. The number of anilines is 1. The van der Waals surface area contributed by atoms with E-state index < -0.39 is 24.8 Å². The van der Waals surface area contributed by atoms with Crippen molar-refractivity contribution in [2.75, 3.05) is 33.1 Å². The molecule has 0 amide bonds. The molecule has 0 aliphatic rings. The van der Waals surface area contributed by atoms with Gasteiger partial charge < -0.3 is 18.9 Å². The fraction of sp³-hybridized carbons (Fsp3) is 0.105. The van der Waals surface area contributed by atoms with Gasteiger partial charge in [0.15, 0.2) is 11.6 Å². The summed E-state index contributed by atoms with van der Waals surface area (Å²) in [5.41, 5.74) is 2.02. The van der Waals surface area contributed by atoms with Crippen LogP contribution >= 0.6 is 0 Å². The molecule has 0 saturated heterocycles. The minimum atomic E-state index is -1.51. The van der Waals surface area contributed by atoms with Gasteiger partial charge in [-0.2, -0.15) is 18.2 Å². The lowest BCUT2D eigenvalue weighted by atomic mass is 10.0. The third-order valence-corrected chi connectivity index (χ3v) is 7.40. The Bertz CT molecular complexity index is 1940. The average molecular weight is 652 g/mol. The van der Waals surface area contributed by atoms with Gasteiger partial charge in [-0.25, -0.2) is 13.2 Å². The van der Waals surface area contributed by atoms with Crippen LogP contribution in [0.25, 0.3) is 10.8 Å². The molecule has 6 aromatic rings. The first-order valence-electron chi connectivity index (χ1n) is 15.0. The van der Waals surface area contributed by atoms with Crippen LogP contribution in [0.5, 0.6) is 17.2 Å². The Morgan fingerprint density at radius 2 is 1.23 bits per heavy atom. The van der Waals surface area contributed by atoms with E-state index in [1.165, 1.54) is 60.7 Å². The molecule has 6 rings (SSSR count). The zero-order valence-electron chi connectivity index (χ0n) is 26.8. The third-order valence-electron chi connectivity index (χ3n) is 7.40. The van der Waals surface area contributed by atoms with Gasteiger partial charge in [-0.15, -0.1) is 12.1 Å². The van der Waals surface area contributed by atoms with Crippen LogP contribution in [0.3, 0.4) is 0 Å². The summed E-state index contributed by atoms with van der Waals surface area (Å²) in [6, 6.07) is 35.8. The van der Waals surface area contributed by atoms with Crippen LogP contribution in [0, 0.1) is 29.3 Å². The monoisotopic (exact) mass is 652 g/mol. The van der Waals surface area contributed by atoms with Crippen molar-refractivity contribution in [2.45, 2.75) is 0 Å². The number of para-hydroxylation sites is 1. The molecule has 0 radical (unpaired) electrons. The molecule has 48 heavy (non-hydrogen) atoms. The maximum absolute atomic E-state index is 15.8. The van der Waals surface area contributed by atoms with Gasteiger partial charge in [0.1, 0.15) is 28.8 Å². The standard InChI is InChI=1S/C32H29BF3N2O3.C6H4F/c1-37(2)28-17-5-10-22-11-6-18-29(31(22)28)38(3,4)32-27(36)16-9-19-30(32)41-33(39-25-14-7-12-23(34)20-25)40-26-15-8-13-24(35)21-26;7-6-4-2-1-3-5-6/h5-21H,1-4H3;1-2,4-5H/q+1;-1. The quantitative estimate of drug-likeness (QED) is 0.0674. The Morgan fingerprint density at radius 3 is 1.77 bits per heavy atom. The number of hydrogen-bond donors (Lipinski definition) is 0. The molecule has 0 atom stereocenters. The van der Waals surface area contributed by atoms with Crippen molar-refractivity contribution in [3.63, 3.8) is 0 Å². The van der Waals surface area contributed by atoms with Gasteiger partial charge >= 0.3 is 7.32 Å². The Morgan fingerprint density at radius 1 is 0.646 bits per heavy atom. The number of fused-ring (bicyclic) bond motifs is 1. The molecule has 0 bridgehead atoms. The molecule has 10 heteroatoms. The Labute approximate surface area is 277 Å². The third kappa shape index (κ3) is 8.08. The van der Waals surface area contributed by atoms with E-state index in [2.05, 4.69) is 6.07 Å². The summed E-state index contributed by atoms with van der Waals surface area (Å²) in [6.07, 6.45) is 0. The van der Waals surface area contributed by atoms with Gasteiger partial charge in [0.05, 0.1) is 25.2 Å². The molecule has 0 spiro atoms.